The maximum Gasteiger partial charge on any atom is -0.00583 e. The molecule has 0 aliphatic heterocycles. The molecule has 0 saturated heterocycles. The molecule has 0 radical (unpaired) electrons. The van der Waals surface area contributed by atoms with Gasteiger partial charge < -0.3 is 0 Å². The molecule has 0 spiro atoms. The van der Waals surface area contributed by atoms with Crippen LogP contribution in [0.2, 0.25) is 0 Å². The highest BCUT2D eigenvalue weighted by Gasteiger charge is 2.28. The molecular formula is C30H24. The van der Waals surface area contributed by atoms with Crippen molar-refractivity contribution < 1.29 is 0 Å². The summed E-state index contributed by atoms with van der Waals surface area (Å²) in [5.41, 5.74) is 11.2. The van der Waals surface area contributed by atoms with Gasteiger partial charge in [-0.2, -0.15) is 0 Å². The predicted molar refractivity (Wildman–Crippen MR) is 129 cm³/mol. The van der Waals surface area contributed by atoms with Crippen LogP contribution in [0, 0.1) is 5.92 Å². The lowest BCUT2D eigenvalue weighted by Gasteiger charge is -2.30. The molecule has 144 valence electrons. The Kier molecular flexibility index (Phi) is 3.99. The topological polar surface area (TPSA) is 0 Å². The summed E-state index contributed by atoms with van der Waals surface area (Å²) in [6.45, 7) is 2.41. The van der Waals surface area contributed by atoms with E-state index in [9.17, 15) is 0 Å². The Morgan fingerprint density at radius 2 is 1.30 bits per heavy atom. The lowest BCUT2D eigenvalue weighted by molar-refractivity contribution is 0.645. The monoisotopic (exact) mass is 384 g/mol. The number of hydrogen-bond acceptors (Lipinski definition) is 0. The molecule has 6 rings (SSSR count). The van der Waals surface area contributed by atoms with Crippen LogP contribution in [0.5, 0.6) is 0 Å². The van der Waals surface area contributed by atoms with Crippen molar-refractivity contribution in [3.8, 4) is 0 Å². The summed E-state index contributed by atoms with van der Waals surface area (Å²) >= 11 is 0. The number of fused-ring (bicyclic) bond motifs is 5. The number of aryl methyl sites for hydroxylation is 1. The Labute approximate surface area is 178 Å². The number of benzene rings is 4. The van der Waals surface area contributed by atoms with Crippen molar-refractivity contribution in [3.63, 3.8) is 0 Å². The minimum absolute atomic E-state index is 0.512. The van der Waals surface area contributed by atoms with Gasteiger partial charge in [-0.25, -0.2) is 0 Å². The first kappa shape index (κ1) is 17.5. The van der Waals surface area contributed by atoms with Crippen LogP contribution < -0.4 is 0 Å². The second-order valence-electron chi connectivity index (χ2n) is 8.56. The Hall–Kier alpha value is -3.38. The Bertz CT molecular complexity index is 1300. The Morgan fingerprint density at radius 1 is 0.667 bits per heavy atom. The summed E-state index contributed by atoms with van der Waals surface area (Å²) < 4.78 is 0. The van der Waals surface area contributed by atoms with E-state index in [0.717, 1.165) is 6.42 Å². The molecule has 0 heteroatoms. The fourth-order valence-electron chi connectivity index (χ4n) is 5.33. The van der Waals surface area contributed by atoms with Crippen LogP contribution >= 0.6 is 0 Å². The van der Waals surface area contributed by atoms with Crippen LogP contribution in [0.1, 0.15) is 46.7 Å². The molecule has 0 amide bonds. The smallest absolute Gasteiger partial charge is 0.00583 e. The fraction of sp³-hybridized carbons (Fsp3) is 0.133. The minimum atomic E-state index is 0.512. The van der Waals surface area contributed by atoms with Crippen molar-refractivity contribution in [2.45, 2.75) is 19.8 Å². The molecule has 4 aromatic rings. The summed E-state index contributed by atoms with van der Waals surface area (Å²) in [6.07, 6.45) is 6.90. The van der Waals surface area contributed by atoms with E-state index in [1.165, 1.54) is 61.7 Å². The zero-order chi connectivity index (χ0) is 20.1. The van der Waals surface area contributed by atoms with E-state index in [2.05, 4.69) is 104 Å². The third-order valence-electron chi connectivity index (χ3n) is 6.80. The number of hydrogen-bond donors (Lipinski definition) is 0. The normalized spacial score (nSPS) is 17.3. The minimum Gasteiger partial charge on any atom is -0.0616 e. The van der Waals surface area contributed by atoms with E-state index in [4.69, 9.17) is 0 Å². The van der Waals surface area contributed by atoms with Gasteiger partial charge in [0.1, 0.15) is 0 Å². The third kappa shape index (κ3) is 2.60. The van der Waals surface area contributed by atoms with Gasteiger partial charge in [0, 0.05) is 0 Å². The van der Waals surface area contributed by atoms with Crippen LogP contribution in [0.15, 0.2) is 84.9 Å². The van der Waals surface area contributed by atoms with Crippen LogP contribution in [-0.2, 0) is 6.42 Å². The SMILES string of the molecule is C[C@H]1CCc2ccc3ccccc3c2C1=C1c2ccccc2C=Cc2ccccc21. The van der Waals surface area contributed by atoms with Crippen LogP contribution in [0.3, 0.4) is 0 Å². The fourth-order valence-corrected chi connectivity index (χ4v) is 5.33. The van der Waals surface area contributed by atoms with Gasteiger partial charge in [0.05, 0.1) is 0 Å². The van der Waals surface area contributed by atoms with Crippen molar-refractivity contribution in [1.29, 1.82) is 0 Å². The summed E-state index contributed by atoms with van der Waals surface area (Å²) in [4.78, 5) is 0. The van der Waals surface area contributed by atoms with E-state index in [1.54, 1.807) is 0 Å². The van der Waals surface area contributed by atoms with Crippen LogP contribution in [0.4, 0.5) is 0 Å². The van der Waals surface area contributed by atoms with Gasteiger partial charge in [-0.15, -0.1) is 0 Å². The molecule has 0 nitrogen and oxygen atoms in total. The van der Waals surface area contributed by atoms with Gasteiger partial charge in [0.25, 0.3) is 0 Å². The molecule has 30 heavy (non-hydrogen) atoms. The summed E-state index contributed by atoms with van der Waals surface area (Å²) in [6, 6.07) is 31.3. The molecule has 0 fully saturated rings. The second-order valence-corrected chi connectivity index (χ2v) is 8.56. The van der Waals surface area contributed by atoms with Crippen molar-refractivity contribution in [1.82, 2.24) is 0 Å². The van der Waals surface area contributed by atoms with Crippen molar-refractivity contribution >= 4 is 34.1 Å². The molecule has 0 bridgehead atoms. The first-order valence-electron chi connectivity index (χ1n) is 10.9. The van der Waals surface area contributed by atoms with Gasteiger partial charge in [0.2, 0.25) is 0 Å². The zero-order valence-electron chi connectivity index (χ0n) is 17.2. The zero-order valence-corrected chi connectivity index (χ0v) is 17.2. The number of allylic oxidation sites excluding steroid dienone is 1. The first-order valence-corrected chi connectivity index (χ1v) is 10.9. The van der Waals surface area contributed by atoms with E-state index < -0.39 is 0 Å². The maximum atomic E-state index is 2.41. The van der Waals surface area contributed by atoms with Gasteiger partial charge in [-0.3, -0.25) is 0 Å². The third-order valence-corrected chi connectivity index (χ3v) is 6.80. The van der Waals surface area contributed by atoms with Crippen molar-refractivity contribution in [2.75, 3.05) is 0 Å². The summed E-state index contributed by atoms with van der Waals surface area (Å²) in [5, 5.41) is 2.72. The van der Waals surface area contributed by atoms with Crippen molar-refractivity contribution in [2.24, 2.45) is 5.92 Å². The molecule has 2 aliphatic rings. The van der Waals surface area contributed by atoms with Gasteiger partial charge in [-0.05, 0) is 74.1 Å². The molecule has 2 aliphatic carbocycles. The molecule has 0 aromatic heterocycles. The highest BCUT2D eigenvalue weighted by atomic mass is 14.3. The van der Waals surface area contributed by atoms with Gasteiger partial charge in [0.15, 0.2) is 0 Å². The average Bonchev–Trinajstić information content (AvgIpc) is 2.96. The average molecular weight is 385 g/mol. The van der Waals surface area contributed by atoms with E-state index >= 15 is 0 Å². The Morgan fingerprint density at radius 3 is 2.03 bits per heavy atom. The predicted octanol–water partition coefficient (Wildman–Crippen LogP) is 7.87. The highest BCUT2D eigenvalue weighted by molar-refractivity contribution is 6.10. The Balaban J connectivity index is 1.81. The molecule has 0 heterocycles. The van der Waals surface area contributed by atoms with Gasteiger partial charge >= 0.3 is 0 Å². The molecule has 1 atom stereocenters. The maximum absolute atomic E-state index is 2.41. The van der Waals surface area contributed by atoms with E-state index in [-0.39, 0.29) is 0 Å². The lowest BCUT2D eigenvalue weighted by Crippen LogP contribution is -2.14. The molecule has 4 aromatic carbocycles. The summed E-state index contributed by atoms with van der Waals surface area (Å²) in [5.74, 6) is 0.512. The quantitative estimate of drug-likeness (QED) is 0.255. The largest absolute Gasteiger partial charge is 0.0616 e. The second kappa shape index (κ2) is 6.85. The standard InChI is InChI=1S/C30H24/c1-20-14-15-24-19-18-21-8-2-5-11-25(21)29(24)28(20)30-26-12-6-3-9-22(26)16-17-23-10-4-7-13-27(23)30/h2-13,16-20H,14-15H2,1H3/t20-/m0/s1. The van der Waals surface area contributed by atoms with Crippen molar-refractivity contribution in [3.05, 3.63) is 118 Å². The van der Waals surface area contributed by atoms with E-state index in [1.807, 2.05) is 0 Å². The van der Waals surface area contributed by atoms with Crippen LogP contribution in [0.25, 0.3) is 34.1 Å². The molecular weight excluding hydrogens is 360 g/mol. The molecule has 0 saturated carbocycles. The van der Waals surface area contributed by atoms with E-state index in [0.29, 0.717) is 5.92 Å². The lowest BCUT2D eigenvalue weighted by atomic mass is 9.73. The molecule has 0 unspecified atom stereocenters. The van der Waals surface area contributed by atoms with Crippen LogP contribution in [-0.4, -0.2) is 0 Å². The first-order chi connectivity index (χ1) is 14.8. The molecule has 0 N–H and O–H groups in total. The van der Waals surface area contributed by atoms with Gasteiger partial charge in [-0.1, -0.05) is 104 Å². The summed E-state index contributed by atoms with van der Waals surface area (Å²) in [7, 11) is 0. The highest BCUT2D eigenvalue weighted by Crippen LogP contribution is 2.47. The number of rotatable bonds is 0.